The molecule has 0 amide bonds. The van der Waals surface area contributed by atoms with Crippen LogP contribution in [0.25, 0.3) is 0 Å². The highest BCUT2D eigenvalue weighted by Gasteiger charge is 2.51. The summed E-state index contributed by atoms with van der Waals surface area (Å²) in [5.74, 6) is 0.317. The molecule has 0 N–H and O–H groups in total. The van der Waals surface area contributed by atoms with Crippen molar-refractivity contribution in [3.05, 3.63) is 35.9 Å². The summed E-state index contributed by atoms with van der Waals surface area (Å²) in [6.45, 7) is 4.50. The van der Waals surface area contributed by atoms with Gasteiger partial charge in [0.1, 0.15) is 0 Å². The van der Waals surface area contributed by atoms with E-state index in [4.69, 9.17) is 14.2 Å². The molecule has 116 valence electrons. The molecular weight excluding hydrogens is 264 g/mol. The first-order chi connectivity index (χ1) is 10.3. The fourth-order valence-corrected chi connectivity index (χ4v) is 3.26. The van der Waals surface area contributed by atoms with Crippen LogP contribution in [0.2, 0.25) is 0 Å². The van der Waals surface area contributed by atoms with E-state index in [-0.39, 0.29) is 5.79 Å². The molecule has 3 rings (SSSR count). The van der Waals surface area contributed by atoms with Crippen molar-refractivity contribution in [2.75, 3.05) is 13.2 Å². The van der Waals surface area contributed by atoms with Gasteiger partial charge in [-0.3, -0.25) is 0 Å². The Hall–Kier alpha value is -0.900. The second-order valence-electron chi connectivity index (χ2n) is 6.38. The zero-order valence-electron chi connectivity index (χ0n) is 12.9. The monoisotopic (exact) mass is 290 g/mol. The zero-order valence-corrected chi connectivity index (χ0v) is 12.9. The standard InChI is InChI=1S/C18H26O3/c1-2-3-9-17-14-20-18(21-17)10-16(11-18)13-19-12-15-7-5-4-6-8-15/h4-8,16-17H,2-3,9-14H2,1H3. The first-order valence-corrected chi connectivity index (χ1v) is 8.23. The number of benzene rings is 1. The van der Waals surface area contributed by atoms with Crippen LogP contribution in [0.1, 0.15) is 44.6 Å². The summed E-state index contributed by atoms with van der Waals surface area (Å²) < 4.78 is 17.8. The van der Waals surface area contributed by atoms with E-state index in [0.717, 1.165) is 32.5 Å². The Labute approximate surface area is 127 Å². The zero-order chi connectivity index (χ0) is 14.5. The molecule has 3 heteroatoms. The Morgan fingerprint density at radius 2 is 2.05 bits per heavy atom. The predicted molar refractivity (Wildman–Crippen MR) is 81.9 cm³/mol. The molecule has 21 heavy (non-hydrogen) atoms. The molecular formula is C18H26O3. The molecule has 1 spiro atoms. The normalized spacial score (nSPS) is 31.5. The quantitative estimate of drug-likeness (QED) is 0.762. The third-order valence-corrected chi connectivity index (χ3v) is 4.46. The lowest BCUT2D eigenvalue weighted by Crippen LogP contribution is -2.46. The van der Waals surface area contributed by atoms with Crippen molar-refractivity contribution < 1.29 is 14.2 Å². The fraction of sp³-hybridized carbons (Fsp3) is 0.667. The lowest BCUT2D eigenvalue weighted by molar-refractivity contribution is -0.245. The molecule has 1 atom stereocenters. The molecule has 1 unspecified atom stereocenters. The highest BCUT2D eigenvalue weighted by atomic mass is 16.7. The van der Waals surface area contributed by atoms with Crippen molar-refractivity contribution in [3.63, 3.8) is 0 Å². The highest BCUT2D eigenvalue weighted by molar-refractivity contribution is 5.13. The number of ether oxygens (including phenoxy) is 3. The number of unbranched alkanes of at least 4 members (excludes halogenated alkanes) is 1. The van der Waals surface area contributed by atoms with E-state index in [0.29, 0.717) is 18.6 Å². The van der Waals surface area contributed by atoms with Gasteiger partial charge in [0.25, 0.3) is 0 Å². The van der Waals surface area contributed by atoms with Gasteiger partial charge in [0.15, 0.2) is 5.79 Å². The van der Waals surface area contributed by atoms with Gasteiger partial charge in [0.2, 0.25) is 0 Å². The minimum atomic E-state index is -0.265. The van der Waals surface area contributed by atoms with Gasteiger partial charge >= 0.3 is 0 Å². The summed E-state index contributed by atoms with van der Waals surface area (Å²) in [5.41, 5.74) is 1.24. The predicted octanol–water partition coefficient (Wildman–Crippen LogP) is 3.92. The Bertz CT molecular complexity index is 425. The van der Waals surface area contributed by atoms with E-state index in [1.54, 1.807) is 0 Å². The van der Waals surface area contributed by atoms with Crippen molar-refractivity contribution in [3.8, 4) is 0 Å². The van der Waals surface area contributed by atoms with E-state index in [1.807, 2.05) is 18.2 Å². The van der Waals surface area contributed by atoms with E-state index in [9.17, 15) is 0 Å². The van der Waals surface area contributed by atoms with E-state index in [1.165, 1.54) is 18.4 Å². The molecule has 0 aromatic heterocycles. The number of rotatable bonds is 7. The van der Waals surface area contributed by atoms with Crippen LogP contribution in [0.4, 0.5) is 0 Å². The third kappa shape index (κ3) is 3.85. The molecule has 1 heterocycles. The first-order valence-electron chi connectivity index (χ1n) is 8.23. The molecule has 1 aliphatic heterocycles. The first kappa shape index (κ1) is 15.0. The number of hydrogen-bond donors (Lipinski definition) is 0. The van der Waals surface area contributed by atoms with E-state index < -0.39 is 0 Å². The molecule has 2 aliphatic rings. The van der Waals surface area contributed by atoms with Gasteiger partial charge in [0, 0.05) is 12.8 Å². The summed E-state index contributed by atoms with van der Waals surface area (Å²) in [4.78, 5) is 0. The van der Waals surface area contributed by atoms with Crippen LogP contribution in [0.3, 0.4) is 0 Å². The molecule has 3 nitrogen and oxygen atoms in total. The summed E-state index contributed by atoms with van der Waals surface area (Å²) in [5, 5.41) is 0. The average molecular weight is 290 g/mol. The summed E-state index contributed by atoms with van der Waals surface area (Å²) in [6, 6.07) is 10.3. The van der Waals surface area contributed by atoms with E-state index >= 15 is 0 Å². The van der Waals surface area contributed by atoms with E-state index in [2.05, 4.69) is 19.1 Å². The maximum absolute atomic E-state index is 6.10. The minimum Gasteiger partial charge on any atom is -0.376 e. The van der Waals surface area contributed by atoms with Crippen molar-refractivity contribution in [2.24, 2.45) is 5.92 Å². The molecule has 1 aromatic carbocycles. The smallest absolute Gasteiger partial charge is 0.169 e. The minimum absolute atomic E-state index is 0.265. The largest absolute Gasteiger partial charge is 0.376 e. The SMILES string of the molecule is CCCCC1COC2(CC(COCc3ccccc3)C2)O1. The van der Waals surface area contributed by atoms with Gasteiger partial charge in [-0.05, 0) is 17.9 Å². The second-order valence-corrected chi connectivity index (χ2v) is 6.38. The summed E-state index contributed by atoms with van der Waals surface area (Å²) in [6.07, 6.45) is 5.88. The third-order valence-electron chi connectivity index (χ3n) is 4.46. The van der Waals surface area contributed by atoms with Crippen LogP contribution in [0, 0.1) is 5.92 Å². The Kier molecular flexibility index (Phi) is 4.94. The summed E-state index contributed by atoms with van der Waals surface area (Å²) in [7, 11) is 0. The molecule has 1 saturated heterocycles. The molecule has 0 bridgehead atoms. The average Bonchev–Trinajstić information content (AvgIpc) is 2.90. The van der Waals surface area contributed by atoms with Crippen molar-refractivity contribution in [1.29, 1.82) is 0 Å². The lowest BCUT2D eigenvalue weighted by Gasteiger charge is -2.43. The van der Waals surface area contributed by atoms with Crippen molar-refractivity contribution in [1.82, 2.24) is 0 Å². The lowest BCUT2D eigenvalue weighted by atomic mass is 9.79. The van der Waals surface area contributed by atoms with Crippen molar-refractivity contribution >= 4 is 0 Å². The molecule has 1 saturated carbocycles. The molecule has 1 aromatic rings. The fourth-order valence-electron chi connectivity index (χ4n) is 3.26. The Balaban J connectivity index is 1.33. The maximum atomic E-state index is 6.10. The number of hydrogen-bond acceptors (Lipinski definition) is 3. The summed E-state index contributed by atoms with van der Waals surface area (Å²) >= 11 is 0. The topological polar surface area (TPSA) is 27.7 Å². The maximum Gasteiger partial charge on any atom is 0.169 e. The Morgan fingerprint density at radius 1 is 1.24 bits per heavy atom. The molecule has 1 aliphatic carbocycles. The van der Waals surface area contributed by atoms with Gasteiger partial charge in [-0.25, -0.2) is 0 Å². The van der Waals surface area contributed by atoms with Gasteiger partial charge in [0.05, 0.1) is 25.9 Å². The van der Waals surface area contributed by atoms with Crippen molar-refractivity contribution in [2.45, 2.75) is 57.5 Å². The van der Waals surface area contributed by atoms with Crippen LogP contribution < -0.4 is 0 Å². The van der Waals surface area contributed by atoms with Crippen LogP contribution in [0.15, 0.2) is 30.3 Å². The van der Waals surface area contributed by atoms with Gasteiger partial charge in [-0.2, -0.15) is 0 Å². The van der Waals surface area contributed by atoms with Gasteiger partial charge in [-0.1, -0.05) is 50.1 Å². The second kappa shape index (κ2) is 6.91. The molecule has 2 fully saturated rings. The molecule has 0 radical (unpaired) electrons. The van der Waals surface area contributed by atoms with Crippen LogP contribution in [0.5, 0.6) is 0 Å². The van der Waals surface area contributed by atoms with Crippen LogP contribution >= 0.6 is 0 Å². The Morgan fingerprint density at radius 3 is 2.81 bits per heavy atom. The van der Waals surface area contributed by atoms with Crippen LogP contribution in [-0.4, -0.2) is 25.1 Å². The van der Waals surface area contributed by atoms with Gasteiger partial charge < -0.3 is 14.2 Å². The van der Waals surface area contributed by atoms with Crippen LogP contribution in [-0.2, 0) is 20.8 Å². The van der Waals surface area contributed by atoms with Gasteiger partial charge in [-0.15, -0.1) is 0 Å². The highest BCUT2D eigenvalue weighted by Crippen LogP contribution is 2.46.